The van der Waals surface area contributed by atoms with E-state index in [4.69, 9.17) is 22.1 Å². The van der Waals surface area contributed by atoms with Crippen LogP contribution in [0.15, 0.2) is 60.7 Å². The maximum Gasteiger partial charge on any atom is 0.328 e. The van der Waals surface area contributed by atoms with Crippen LogP contribution < -0.4 is 21.7 Å². The normalized spacial score (nSPS) is 15.1. The summed E-state index contributed by atoms with van der Waals surface area (Å²) in [6.45, 7) is 1.22. The first-order chi connectivity index (χ1) is 20.4. The van der Waals surface area contributed by atoms with Gasteiger partial charge in [-0.3, -0.25) is 19.2 Å². The Hall–Kier alpha value is -3.00. The third-order valence-corrected chi connectivity index (χ3v) is 9.07. The highest BCUT2D eigenvalue weighted by atomic mass is 79.9. The highest BCUT2D eigenvalue weighted by Gasteiger charge is 2.34. The number of amides is 4. The van der Waals surface area contributed by atoms with Crippen molar-refractivity contribution in [3.8, 4) is 0 Å². The van der Waals surface area contributed by atoms with Gasteiger partial charge in [-0.1, -0.05) is 92.5 Å². The molecular weight excluding hydrogens is 712 g/mol. The molecule has 6 N–H and O–H groups in total. The average molecular weight is 747 g/mol. The molecule has 43 heavy (non-hydrogen) atoms. The van der Waals surface area contributed by atoms with E-state index in [1.165, 1.54) is 6.92 Å². The second kappa shape index (κ2) is 18.6. The van der Waals surface area contributed by atoms with Gasteiger partial charge in [0.05, 0.1) is 16.8 Å². The number of aliphatic hydroxyl groups is 1. The molecule has 2 unspecified atom stereocenters. The fourth-order valence-electron chi connectivity index (χ4n) is 3.95. The number of alkyl halides is 3. The third-order valence-electron chi connectivity index (χ3n) is 6.21. The van der Waals surface area contributed by atoms with Crippen molar-refractivity contribution >= 4 is 73.1 Å². The van der Waals surface area contributed by atoms with Crippen LogP contribution in [-0.2, 0) is 35.1 Å². The lowest BCUT2D eigenvalue weighted by molar-refractivity contribution is -0.148. The minimum absolute atomic E-state index is 0.0106. The van der Waals surface area contributed by atoms with Gasteiger partial charge in [-0.15, -0.1) is 11.6 Å². The number of carbonyl (C=O) groups is 5. The summed E-state index contributed by atoms with van der Waals surface area (Å²) < 4.78 is 5.04. The van der Waals surface area contributed by atoms with Crippen molar-refractivity contribution in [1.29, 1.82) is 0 Å². The Kier molecular flexibility index (Phi) is 15.7. The number of benzene rings is 2. The van der Waals surface area contributed by atoms with Crippen LogP contribution in [-0.4, -0.2) is 76.2 Å². The summed E-state index contributed by atoms with van der Waals surface area (Å²) in [6.07, 6.45) is -1.67. The molecule has 4 amide bonds. The Labute approximate surface area is 271 Å². The van der Waals surface area contributed by atoms with Gasteiger partial charge in [-0.25, -0.2) is 4.79 Å². The number of halogens is 3. The van der Waals surface area contributed by atoms with E-state index in [2.05, 4.69) is 47.8 Å². The molecular formula is C29H35Br2ClN4O7. The smallest absolute Gasteiger partial charge is 0.328 e. The molecule has 0 radical (unpaired) electrons. The summed E-state index contributed by atoms with van der Waals surface area (Å²) >= 11 is 12.4. The lowest BCUT2D eigenvalue weighted by Crippen LogP contribution is -2.59. The lowest BCUT2D eigenvalue weighted by atomic mass is 10.0. The fourth-order valence-corrected chi connectivity index (χ4v) is 5.00. The highest BCUT2D eigenvalue weighted by molar-refractivity contribution is 9.12. The molecule has 0 saturated carbocycles. The largest absolute Gasteiger partial charge is 0.463 e. The number of hydrogen-bond acceptors (Lipinski definition) is 7. The number of ether oxygens (including phenoxy) is 1. The quantitative estimate of drug-likeness (QED) is 0.122. The van der Waals surface area contributed by atoms with E-state index in [1.54, 1.807) is 30.3 Å². The van der Waals surface area contributed by atoms with Gasteiger partial charge in [0, 0.05) is 12.8 Å². The average Bonchev–Trinajstić information content (AvgIpc) is 2.99. The number of nitrogens with one attached hydrogen (secondary N) is 3. The first-order valence-corrected chi connectivity index (χ1v) is 15.8. The van der Waals surface area contributed by atoms with Gasteiger partial charge in [0.15, 0.2) is 0 Å². The van der Waals surface area contributed by atoms with Crippen molar-refractivity contribution in [3.63, 3.8) is 0 Å². The van der Waals surface area contributed by atoms with Crippen LogP contribution in [0.25, 0.3) is 0 Å². The molecule has 11 nitrogen and oxygen atoms in total. The maximum atomic E-state index is 13.4. The van der Waals surface area contributed by atoms with Crippen molar-refractivity contribution in [2.24, 2.45) is 5.73 Å². The zero-order chi connectivity index (χ0) is 31.9. The second-order valence-electron chi connectivity index (χ2n) is 9.61. The summed E-state index contributed by atoms with van der Waals surface area (Å²) in [6, 6.07) is 14.0. The first kappa shape index (κ1) is 36.2. The molecule has 0 fully saturated rings. The van der Waals surface area contributed by atoms with Gasteiger partial charge in [-0.2, -0.15) is 0 Å². The summed E-state index contributed by atoms with van der Waals surface area (Å²) in [4.78, 5) is 62.6. The Morgan fingerprint density at radius 1 is 0.884 bits per heavy atom. The first-order valence-electron chi connectivity index (χ1n) is 13.4. The van der Waals surface area contributed by atoms with E-state index < -0.39 is 63.5 Å². The molecule has 0 aliphatic rings. The fraction of sp³-hybridized carbons (Fsp3) is 0.414. The number of hydrogen-bond donors (Lipinski definition) is 5. The second-order valence-corrected chi connectivity index (χ2v) is 12.0. The minimum Gasteiger partial charge on any atom is -0.463 e. The third kappa shape index (κ3) is 12.3. The number of carbonyl (C=O) groups excluding carboxylic acids is 5. The van der Waals surface area contributed by atoms with Crippen LogP contribution in [0.3, 0.4) is 0 Å². The molecule has 234 valence electrons. The Morgan fingerprint density at radius 2 is 1.47 bits per heavy atom. The monoisotopic (exact) mass is 744 g/mol. The van der Waals surface area contributed by atoms with Crippen LogP contribution in [0.1, 0.15) is 35.7 Å². The summed E-state index contributed by atoms with van der Waals surface area (Å²) in [5.41, 5.74) is 6.72. The molecule has 2 rings (SSSR count). The minimum atomic E-state index is -1.42. The number of esters is 1. The zero-order valence-electron chi connectivity index (χ0n) is 23.4. The molecule has 0 aliphatic carbocycles. The summed E-state index contributed by atoms with van der Waals surface area (Å²) in [5.74, 6) is -3.64. The van der Waals surface area contributed by atoms with Crippen LogP contribution in [0.2, 0.25) is 0 Å². The van der Waals surface area contributed by atoms with Crippen molar-refractivity contribution in [3.05, 3.63) is 71.8 Å². The highest BCUT2D eigenvalue weighted by Crippen LogP contribution is 2.31. The van der Waals surface area contributed by atoms with Crippen molar-refractivity contribution in [2.75, 3.05) is 12.5 Å². The molecule has 0 aliphatic heterocycles. The predicted molar refractivity (Wildman–Crippen MR) is 169 cm³/mol. The lowest BCUT2D eigenvalue weighted by Gasteiger charge is -2.27. The standard InChI is InChI=1S/C29H35Br2ClN4O7/c1-17(37)25(36-27(40)24(31)23(30)19-10-6-3-7-11-19)28(41)35-21(16-18-8-4-2-5-9-18)26(39)34-20(12-13-22(33)38)29(42)43-15-14-32/h2-11,17,20-21,23-25,37H,12-16H2,1H3,(H2,33,38)(H,34,39)(H,35,41)(H,36,40)/t17-,20+,21+,23?,24?,25+/m1/s1. The molecule has 2 aromatic rings. The zero-order valence-corrected chi connectivity index (χ0v) is 27.3. The van der Waals surface area contributed by atoms with Crippen LogP contribution in [0.5, 0.6) is 0 Å². The molecule has 14 heteroatoms. The maximum absolute atomic E-state index is 13.4. The van der Waals surface area contributed by atoms with Crippen LogP contribution in [0.4, 0.5) is 0 Å². The molecule has 2 aromatic carbocycles. The number of primary amides is 1. The van der Waals surface area contributed by atoms with E-state index >= 15 is 0 Å². The van der Waals surface area contributed by atoms with Gasteiger partial charge in [0.2, 0.25) is 23.6 Å². The van der Waals surface area contributed by atoms with Gasteiger partial charge in [-0.05, 0) is 24.5 Å². The van der Waals surface area contributed by atoms with Gasteiger partial charge < -0.3 is 31.5 Å². The molecule has 0 bridgehead atoms. The SMILES string of the molecule is C[C@@H](O)[C@H](NC(=O)C(Br)C(Br)c1ccccc1)C(=O)N[C@@H](Cc1ccccc1)C(=O)N[C@@H](CCC(N)=O)C(=O)OCCCl. The van der Waals surface area contributed by atoms with Crippen LogP contribution in [0, 0.1) is 0 Å². The van der Waals surface area contributed by atoms with E-state index in [0.29, 0.717) is 5.56 Å². The Balaban J connectivity index is 2.24. The molecule has 6 atom stereocenters. The van der Waals surface area contributed by atoms with Crippen LogP contribution >= 0.6 is 43.5 Å². The number of aliphatic hydroxyl groups excluding tert-OH is 1. The van der Waals surface area contributed by atoms with Gasteiger partial charge in [0.25, 0.3) is 0 Å². The molecule has 0 aromatic heterocycles. The number of rotatable bonds is 17. The Bertz CT molecular complexity index is 1220. The van der Waals surface area contributed by atoms with E-state index in [-0.39, 0.29) is 31.7 Å². The van der Waals surface area contributed by atoms with Crippen molar-refractivity contribution < 1.29 is 33.8 Å². The predicted octanol–water partition coefficient (Wildman–Crippen LogP) is 2.01. The van der Waals surface area contributed by atoms with Crippen molar-refractivity contribution in [2.45, 2.75) is 60.1 Å². The van der Waals surface area contributed by atoms with Crippen molar-refractivity contribution in [1.82, 2.24) is 16.0 Å². The van der Waals surface area contributed by atoms with Gasteiger partial charge >= 0.3 is 5.97 Å². The topological polar surface area (TPSA) is 177 Å². The number of nitrogens with two attached hydrogens (primary N) is 1. The summed E-state index contributed by atoms with van der Waals surface area (Å²) in [5, 5.41) is 18.1. The van der Waals surface area contributed by atoms with E-state index in [9.17, 15) is 29.1 Å². The van der Waals surface area contributed by atoms with E-state index in [0.717, 1.165) is 5.56 Å². The molecule has 0 heterocycles. The van der Waals surface area contributed by atoms with Gasteiger partial charge in [0.1, 0.15) is 29.6 Å². The van der Waals surface area contributed by atoms with E-state index in [1.807, 2.05) is 30.3 Å². The molecule has 0 saturated heterocycles. The summed E-state index contributed by atoms with van der Waals surface area (Å²) in [7, 11) is 0. The Morgan fingerprint density at radius 3 is 2.02 bits per heavy atom. The molecule has 0 spiro atoms.